The van der Waals surface area contributed by atoms with Gasteiger partial charge in [0.05, 0.1) is 27.2 Å². The number of fused-ring (bicyclic) bond motifs is 1. The summed E-state index contributed by atoms with van der Waals surface area (Å²) in [5.41, 5.74) is 3.46. The summed E-state index contributed by atoms with van der Waals surface area (Å²) in [7, 11) is -2.33. The SMILES string of the molecule is CCC(=O)c1n[nH]c2cc(-c3cc(F)c(O)cc3CC)nc(NCc3ccccc3N(C)S(=O)(=O)c3ccccc3)c12. The number of aromatic nitrogens is 3. The first-order valence-electron chi connectivity index (χ1n) is 13.5. The lowest BCUT2D eigenvalue weighted by molar-refractivity contribution is 0.0985. The topological polar surface area (TPSA) is 128 Å². The van der Waals surface area contributed by atoms with E-state index in [9.17, 15) is 22.7 Å². The van der Waals surface area contributed by atoms with Crippen molar-refractivity contribution in [3.63, 3.8) is 0 Å². The maximum atomic E-state index is 14.4. The van der Waals surface area contributed by atoms with Gasteiger partial charge >= 0.3 is 0 Å². The zero-order valence-electron chi connectivity index (χ0n) is 23.3. The molecule has 0 saturated heterocycles. The average Bonchev–Trinajstić information content (AvgIpc) is 3.45. The Morgan fingerprint density at radius 3 is 2.45 bits per heavy atom. The van der Waals surface area contributed by atoms with Crippen molar-refractivity contribution in [3.8, 4) is 17.0 Å². The lowest BCUT2D eigenvalue weighted by Crippen LogP contribution is -2.27. The third kappa shape index (κ3) is 5.30. The van der Waals surface area contributed by atoms with Gasteiger partial charge in [0.2, 0.25) is 0 Å². The number of hydrogen-bond donors (Lipinski definition) is 3. The molecule has 0 spiro atoms. The average molecular weight is 588 g/mol. The minimum absolute atomic E-state index is 0.159. The highest BCUT2D eigenvalue weighted by Crippen LogP contribution is 2.34. The molecule has 216 valence electrons. The van der Waals surface area contributed by atoms with Crippen molar-refractivity contribution in [3.05, 3.63) is 95.4 Å². The number of anilines is 2. The molecule has 5 aromatic rings. The normalized spacial score (nSPS) is 11.5. The van der Waals surface area contributed by atoms with Crippen LogP contribution in [0.4, 0.5) is 15.9 Å². The maximum Gasteiger partial charge on any atom is 0.264 e. The Balaban J connectivity index is 1.58. The second kappa shape index (κ2) is 11.6. The monoisotopic (exact) mass is 587 g/mol. The summed E-state index contributed by atoms with van der Waals surface area (Å²) in [5.74, 6) is -1.08. The van der Waals surface area contributed by atoms with Crippen LogP contribution in [0, 0.1) is 5.82 Å². The Bertz CT molecular complexity index is 1890. The van der Waals surface area contributed by atoms with E-state index in [0.29, 0.717) is 51.2 Å². The number of sulfonamides is 1. The van der Waals surface area contributed by atoms with Gasteiger partial charge in [-0.15, -0.1) is 0 Å². The van der Waals surface area contributed by atoms with Crippen LogP contribution in [-0.4, -0.2) is 41.5 Å². The molecular weight excluding hydrogens is 557 g/mol. The van der Waals surface area contributed by atoms with E-state index in [1.807, 2.05) is 6.92 Å². The van der Waals surface area contributed by atoms with Gasteiger partial charge in [0.1, 0.15) is 11.5 Å². The third-order valence-electron chi connectivity index (χ3n) is 7.14. The van der Waals surface area contributed by atoms with Crippen LogP contribution < -0.4 is 9.62 Å². The number of carbonyl (C=O) groups is 1. The summed E-state index contributed by atoms with van der Waals surface area (Å²) >= 11 is 0. The lowest BCUT2D eigenvalue weighted by atomic mass is 10.00. The van der Waals surface area contributed by atoms with Crippen LogP contribution in [0.3, 0.4) is 0 Å². The molecule has 0 atom stereocenters. The molecule has 3 aromatic carbocycles. The number of ketones is 1. The predicted molar refractivity (Wildman–Crippen MR) is 161 cm³/mol. The number of aromatic amines is 1. The zero-order valence-corrected chi connectivity index (χ0v) is 24.2. The number of benzene rings is 3. The van der Waals surface area contributed by atoms with E-state index in [4.69, 9.17) is 4.98 Å². The number of para-hydroxylation sites is 1. The number of phenols is 1. The maximum absolute atomic E-state index is 14.4. The third-order valence-corrected chi connectivity index (χ3v) is 8.92. The number of hydrogen-bond acceptors (Lipinski definition) is 7. The fourth-order valence-electron chi connectivity index (χ4n) is 4.84. The van der Waals surface area contributed by atoms with Gasteiger partial charge in [-0.1, -0.05) is 50.2 Å². The summed E-state index contributed by atoms with van der Waals surface area (Å²) in [5, 5.41) is 20.8. The van der Waals surface area contributed by atoms with Gasteiger partial charge in [0.25, 0.3) is 10.0 Å². The molecule has 0 amide bonds. The van der Waals surface area contributed by atoms with Crippen molar-refractivity contribution in [2.75, 3.05) is 16.7 Å². The molecule has 42 heavy (non-hydrogen) atoms. The van der Waals surface area contributed by atoms with Crippen LogP contribution in [-0.2, 0) is 23.0 Å². The number of rotatable bonds is 10. The summed E-state index contributed by atoms with van der Waals surface area (Å²) in [6.45, 7) is 3.79. The Kier molecular flexibility index (Phi) is 7.95. The first-order valence-corrected chi connectivity index (χ1v) is 14.9. The van der Waals surface area contributed by atoms with E-state index >= 15 is 0 Å². The standard InChI is InChI=1S/C31H30FN5O4S/c1-4-19-15-28(39)23(32)16-22(19)24-17-25-29(30(36-35-25)27(38)5-2)31(34-24)33-18-20-11-9-10-14-26(20)37(3)42(40,41)21-12-7-6-8-13-21/h6-17,39H,4-5,18H2,1-3H3,(H,33,34)(H,35,36). The summed E-state index contributed by atoms with van der Waals surface area (Å²) in [4.78, 5) is 17.7. The minimum atomic E-state index is -3.83. The first kappa shape index (κ1) is 28.7. The second-order valence-electron chi connectivity index (χ2n) is 9.71. The van der Waals surface area contributed by atoms with E-state index in [1.165, 1.54) is 23.5 Å². The van der Waals surface area contributed by atoms with Crippen molar-refractivity contribution >= 4 is 38.2 Å². The van der Waals surface area contributed by atoms with Crippen LogP contribution in [0.15, 0.2) is 77.7 Å². The number of phenolic OH excluding ortho intramolecular Hbond substituents is 1. The highest BCUT2D eigenvalue weighted by Gasteiger charge is 2.24. The number of Topliss-reactive ketones (excluding diaryl/α,β-unsaturated/α-hetero) is 1. The molecule has 0 aliphatic carbocycles. The predicted octanol–water partition coefficient (Wildman–Crippen LogP) is 6.06. The highest BCUT2D eigenvalue weighted by atomic mass is 32.2. The fraction of sp³-hybridized carbons (Fsp3) is 0.194. The van der Waals surface area contributed by atoms with Crippen LogP contribution in [0.2, 0.25) is 0 Å². The summed E-state index contributed by atoms with van der Waals surface area (Å²) in [6.07, 6.45) is 0.749. The largest absolute Gasteiger partial charge is 0.505 e. The molecule has 0 unspecified atom stereocenters. The van der Waals surface area contributed by atoms with E-state index < -0.39 is 21.6 Å². The fourth-order valence-corrected chi connectivity index (χ4v) is 6.10. The summed E-state index contributed by atoms with van der Waals surface area (Å²) < 4.78 is 42.4. The molecule has 2 aromatic heterocycles. The van der Waals surface area contributed by atoms with Crippen LogP contribution >= 0.6 is 0 Å². The Morgan fingerprint density at radius 1 is 1.02 bits per heavy atom. The van der Waals surface area contributed by atoms with Crippen LogP contribution in [0.25, 0.3) is 22.2 Å². The molecule has 2 heterocycles. The van der Waals surface area contributed by atoms with Gasteiger partial charge in [-0.3, -0.25) is 14.2 Å². The number of aryl methyl sites for hydroxylation is 1. The molecule has 0 aliphatic heterocycles. The smallest absolute Gasteiger partial charge is 0.264 e. The van der Waals surface area contributed by atoms with Crippen molar-refractivity contribution in [2.45, 2.75) is 38.1 Å². The molecular formula is C31H30FN5O4S. The molecule has 5 rings (SSSR count). The Hall–Kier alpha value is -4.77. The van der Waals surface area contributed by atoms with E-state index in [2.05, 4.69) is 15.5 Å². The molecule has 0 fully saturated rings. The van der Waals surface area contributed by atoms with Crippen molar-refractivity contribution < 1.29 is 22.7 Å². The molecule has 0 radical (unpaired) electrons. The van der Waals surface area contributed by atoms with Crippen LogP contribution in [0.1, 0.15) is 41.9 Å². The number of carbonyl (C=O) groups excluding carboxylic acids is 1. The number of halogens is 1. The molecule has 3 N–H and O–H groups in total. The zero-order chi connectivity index (χ0) is 30.0. The van der Waals surface area contributed by atoms with Crippen molar-refractivity contribution in [1.29, 1.82) is 0 Å². The molecule has 0 aliphatic rings. The lowest BCUT2D eigenvalue weighted by Gasteiger charge is -2.23. The number of H-pyrrole nitrogens is 1. The minimum Gasteiger partial charge on any atom is -0.505 e. The number of nitrogens with one attached hydrogen (secondary N) is 2. The van der Waals surface area contributed by atoms with E-state index in [-0.39, 0.29) is 29.3 Å². The first-order chi connectivity index (χ1) is 20.1. The van der Waals surface area contributed by atoms with Gasteiger partial charge in [0, 0.05) is 25.6 Å². The van der Waals surface area contributed by atoms with Gasteiger partial charge < -0.3 is 10.4 Å². The van der Waals surface area contributed by atoms with Gasteiger partial charge in [0.15, 0.2) is 17.3 Å². The molecule has 0 bridgehead atoms. The van der Waals surface area contributed by atoms with Crippen LogP contribution in [0.5, 0.6) is 5.75 Å². The molecule has 9 nitrogen and oxygen atoms in total. The van der Waals surface area contributed by atoms with Gasteiger partial charge in [-0.25, -0.2) is 17.8 Å². The number of aromatic hydroxyl groups is 1. The number of pyridine rings is 1. The van der Waals surface area contributed by atoms with Gasteiger partial charge in [-0.05, 0) is 53.9 Å². The Labute approximate surface area is 243 Å². The molecule has 0 saturated carbocycles. The highest BCUT2D eigenvalue weighted by molar-refractivity contribution is 7.92. The van der Waals surface area contributed by atoms with E-state index in [1.54, 1.807) is 67.6 Å². The van der Waals surface area contributed by atoms with Crippen molar-refractivity contribution in [2.24, 2.45) is 0 Å². The molecule has 11 heteroatoms. The quantitative estimate of drug-likeness (QED) is 0.169. The van der Waals surface area contributed by atoms with E-state index in [0.717, 1.165) is 0 Å². The second-order valence-corrected chi connectivity index (χ2v) is 11.7. The summed E-state index contributed by atoms with van der Waals surface area (Å²) in [6, 6.07) is 19.6. The van der Waals surface area contributed by atoms with Gasteiger partial charge in [-0.2, -0.15) is 5.10 Å². The number of nitrogens with zero attached hydrogens (tertiary/aromatic N) is 3. The Morgan fingerprint density at radius 2 is 1.74 bits per heavy atom. The van der Waals surface area contributed by atoms with Crippen molar-refractivity contribution in [1.82, 2.24) is 15.2 Å².